The molecule has 0 spiro atoms. The van der Waals surface area contributed by atoms with Crippen LogP contribution in [0.1, 0.15) is 46.1 Å². The van der Waals surface area contributed by atoms with Gasteiger partial charge < -0.3 is 0 Å². The van der Waals surface area contributed by atoms with Gasteiger partial charge in [-0.2, -0.15) is 0 Å². The zero-order valence-electron chi connectivity index (χ0n) is 18.7. The van der Waals surface area contributed by atoms with E-state index in [1.807, 2.05) is 12.3 Å². The fourth-order valence-corrected chi connectivity index (χ4v) is 6.06. The Morgan fingerprint density at radius 2 is 1.74 bits per heavy atom. The zero-order valence-corrected chi connectivity index (χ0v) is 18.7. The highest BCUT2D eigenvalue weighted by Gasteiger charge is 2.53. The van der Waals surface area contributed by atoms with Crippen LogP contribution >= 0.6 is 0 Å². The lowest BCUT2D eigenvalue weighted by atomic mass is 9.61. The first-order chi connectivity index (χ1) is 15.0. The maximum absolute atomic E-state index is 4.74. The number of imidazole rings is 1. The van der Waals surface area contributed by atoms with Crippen molar-refractivity contribution in [3.8, 4) is 11.1 Å². The first-order valence-electron chi connectivity index (χ1n) is 11.4. The lowest BCUT2D eigenvalue weighted by Gasteiger charge is -2.46. The van der Waals surface area contributed by atoms with E-state index in [2.05, 4.69) is 97.7 Å². The molecule has 6 rings (SSSR count). The van der Waals surface area contributed by atoms with Gasteiger partial charge in [-0.1, -0.05) is 57.2 Å². The van der Waals surface area contributed by atoms with E-state index in [0.717, 1.165) is 18.4 Å². The highest BCUT2D eigenvalue weighted by Crippen LogP contribution is 2.50. The standard InChI is InChI=1S/C28H28N3/c1-5-27(3)23-13-12-20(22-11-7-9-19-10-8-15-29-25(19)22)21-14-16-30-17-18-31(26(30)24(21)23)28(27,4)6-2/h7-18H,5-6H2,1-4H3/q+1. The number of nitrogens with zero attached hydrogens (tertiary/aromatic N) is 3. The molecule has 0 bridgehead atoms. The van der Waals surface area contributed by atoms with Gasteiger partial charge in [-0.3, -0.25) is 4.98 Å². The van der Waals surface area contributed by atoms with Gasteiger partial charge >= 0.3 is 0 Å². The molecule has 3 nitrogen and oxygen atoms in total. The second-order valence-corrected chi connectivity index (χ2v) is 9.36. The molecule has 0 N–H and O–H groups in total. The van der Waals surface area contributed by atoms with Crippen LogP contribution in [0, 0.1) is 0 Å². The summed E-state index contributed by atoms with van der Waals surface area (Å²) in [5.41, 5.74) is 6.38. The van der Waals surface area contributed by atoms with Crippen LogP contribution in [0.2, 0.25) is 0 Å². The molecule has 154 valence electrons. The van der Waals surface area contributed by atoms with Gasteiger partial charge in [-0.25, -0.2) is 8.97 Å². The summed E-state index contributed by atoms with van der Waals surface area (Å²) in [6.07, 6.45) is 10.8. The van der Waals surface area contributed by atoms with Crippen molar-refractivity contribution in [2.45, 2.75) is 51.5 Å². The molecule has 5 aromatic rings. The minimum absolute atomic E-state index is 0.0281. The highest BCUT2D eigenvalue weighted by atomic mass is 15.2. The molecule has 2 aromatic carbocycles. The maximum Gasteiger partial charge on any atom is 0.294 e. The van der Waals surface area contributed by atoms with Gasteiger partial charge in [0.2, 0.25) is 0 Å². The van der Waals surface area contributed by atoms with E-state index >= 15 is 0 Å². The van der Waals surface area contributed by atoms with Crippen molar-refractivity contribution in [3.05, 3.63) is 78.9 Å². The number of fused-ring (bicyclic) bond motifs is 1. The number of para-hydroxylation sites is 1. The molecular weight excluding hydrogens is 378 g/mol. The topological polar surface area (TPSA) is 21.2 Å². The number of aromatic nitrogens is 3. The van der Waals surface area contributed by atoms with Gasteiger partial charge in [0.1, 0.15) is 17.9 Å². The SMILES string of the molecule is CCC1(C)c2ccc(-c3cccc4cccnc34)c3ccn4cc[n+](c4c23)C1(C)CC. The Labute approximate surface area is 183 Å². The van der Waals surface area contributed by atoms with Crippen molar-refractivity contribution >= 4 is 27.3 Å². The number of rotatable bonds is 3. The van der Waals surface area contributed by atoms with E-state index in [0.29, 0.717) is 0 Å². The zero-order chi connectivity index (χ0) is 21.4. The second kappa shape index (κ2) is 6.16. The Balaban J connectivity index is 1.80. The molecule has 31 heavy (non-hydrogen) atoms. The van der Waals surface area contributed by atoms with Gasteiger partial charge in [0.15, 0.2) is 0 Å². The number of hydrogen-bond donors (Lipinski definition) is 0. The number of benzene rings is 2. The van der Waals surface area contributed by atoms with E-state index < -0.39 is 0 Å². The van der Waals surface area contributed by atoms with E-state index in [4.69, 9.17) is 4.98 Å². The normalized spacial score (nSPS) is 22.7. The summed E-state index contributed by atoms with van der Waals surface area (Å²) in [6.45, 7) is 9.55. The maximum atomic E-state index is 4.74. The summed E-state index contributed by atoms with van der Waals surface area (Å²) in [4.78, 5) is 4.74. The molecule has 0 aliphatic carbocycles. The van der Waals surface area contributed by atoms with Crippen molar-refractivity contribution in [2.75, 3.05) is 0 Å². The van der Waals surface area contributed by atoms with Crippen LogP contribution < -0.4 is 4.57 Å². The summed E-state index contributed by atoms with van der Waals surface area (Å²) in [7, 11) is 0. The average Bonchev–Trinajstić information content (AvgIpc) is 3.27. The van der Waals surface area contributed by atoms with E-state index in [1.54, 1.807) is 0 Å². The van der Waals surface area contributed by atoms with Gasteiger partial charge in [-0.15, -0.1) is 0 Å². The second-order valence-electron chi connectivity index (χ2n) is 9.36. The largest absolute Gasteiger partial charge is 0.294 e. The van der Waals surface area contributed by atoms with Gasteiger partial charge in [-0.05, 0) is 43.0 Å². The van der Waals surface area contributed by atoms with Crippen molar-refractivity contribution in [2.24, 2.45) is 0 Å². The smallest absolute Gasteiger partial charge is 0.256 e. The fraction of sp³-hybridized carbons (Fsp3) is 0.286. The van der Waals surface area contributed by atoms with Crippen molar-refractivity contribution in [3.63, 3.8) is 0 Å². The third kappa shape index (κ3) is 2.14. The summed E-state index contributed by atoms with van der Waals surface area (Å²) in [5, 5.41) is 3.88. The molecule has 1 aliphatic rings. The van der Waals surface area contributed by atoms with E-state index in [1.165, 1.54) is 38.5 Å². The molecule has 3 heteroatoms. The van der Waals surface area contributed by atoms with Gasteiger partial charge in [0.25, 0.3) is 5.65 Å². The Morgan fingerprint density at radius 1 is 0.903 bits per heavy atom. The van der Waals surface area contributed by atoms with Gasteiger partial charge in [0.05, 0.1) is 17.1 Å². The lowest BCUT2D eigenvalue weighted by molar-refractivity contribution is -0.750. The predicted molar refractivity (Wildman–Crippen MR) is 127 cm³/mol. The fourth-order valence-electron chi connectivity index (χ4n) is 6.06. The van der Waals surface area contributed by atoms with Crippen LogP contribution in [-0.4, -0.2) is 9.38 Å². The first-order valence-corrected chi connectivity index (χ1v) is 11.4. The molecule has 1 aliphatic heterocycles. The Bertz CT molecular complexity index is 1490. The molecule has 0 fully saturated rings. The minimum Gasteiger partial charge on any atom is -0.256 e. The molecule has 0 saturated heterocycles. The summed E-state index contributed by atoms with van der Waals surface area (Å²) >= 11 is 0. The molecule has 4 heterocycles. The Morgan fingerprint density at radius 3 is 2.55 bits per heavy atom. The average molecular weight is 407 g/mol. The Hall–Kier alpha value is -3.20. The molecule has 0 saturated carbocycles. The van der Waals surface area contributed by atoms with E-state index in [9.17, 15) is 0 Å². The third-order valence-corrected chi connectivity index (χ3v) is 8.35. The molecule has 0 radical (unpaired) electrons. The Kier molecular flexibility index (Phi) is 3.69. The van der Waals surface area contributed by atoms with Crippen LogP contribution in [0.3, 0.4) is 0 Å². The lowest BCUT2D eigenvalue weighted by Crippen LogP contribution is -2.65. The molecule has 2 atom stereocenters. The summed E-state index contributed by atoms with van der Waals surface area (Å²) < 4.78 is 4.83. The first kappa shape index (κ1) is 18.6. The van der Waals surface area contributed by atoms with Crippen LogP contribution in [-0.2, 0) is 11.0 Å². The van der Waals surface area contributed by atoms with Crippen molar-refractivity contribution in [1.29, 1.82) is 0 Å². The molecule has 0 amide bonds. The van der Waals surface area contributed by atoms with Gasteiger partial charge in [0, 0.05) is 27.9 Å². The minimum atomic E-state index is 0.0281. The summed E-state index contributed by atoms with van der Waals surface area (Å²) in [5.74, 6) is 0. The van der Waals surface area contributed by atoms with Crippen LogP contribution in [0.15, 0.2) is 73.3 Å². The third-order valence-electron chi connectivity index (χ3n) is 8.35. The van der Waals surface area contributed by atoms with Crippen LogP contribution in [0.25, 0.3) is 38.4 Å². The summed E-state index contributed by atoms with van der Waals surface area (Å²) in [6, 6.07) is 17.7. The molecule has 3 aromatic heterocycles. The number of hydrogen-bond acceptors (Lipinski definition) is 1. The number of pyridine rings is 2. The van der Waals surface area contributed by atoms with Crippen molar-refractivity contribution < 1.29 is 4.57 Å². The van der Waals surface area contributed by atoms with E-state index in [-0.39, 0.29) is 11.0 Å². The quantitative estimate of drug-likeness (QED) is 0.318. The van der Waals surface area contributed by atoms with Crippen LogP contribution in [0.4, 0.5) is 0 Å². The molecular formula is C28H28N3+. The van der Waals surface area contributed by atoms with Crippen LogP contribution in [0.5, 0.6) is 0 Å². The molecule has 2 unspecified atom stereocenters. The predicted octanol–water partition coefficient (Wildman–Crippen LogP) is 6.40. The monoisotopic (exact) mass is 406 g/mol. The highest BCUT2D eigenvalue weighted by molar-refractivity contribution is 6.09. The van der Waals surface area contributed by atoms with Crippen molar-refractivity contribution in [1.82, 2.24) is 9.38 Å².